The van der Waals surface area contributed by atoms with E-state index in [1.165, 1.54) is 18.2 Å². The first-order valence-corrected chi connectivity index (χ1v) is 14.2. The van der Waals surface area contributed by atoms with E-state index in [0.717, 1.165) is 31.2 Å². The third kappa shape index (κ3) is 7.49. The fourth-order valence-corrected chi connectivity index (χ4v) is 5.45. The first-order valence-electron chi connectivity index (χ1n) is 13.0. The average Bonchev–Trinajstić information content (AvgIpc) is 3.50. The molecule has 0 aliphatic heterocycles. The van der Waals surface area contributed by atoms with E-state index < -0.39 is 12.3 Å². The first-order chi connectivity index (χ1) is 18.3. The summed E-state index contributed by atoms with van der Waals surface area (Å²) in [5, 5.41) is 21.3. The lowest BCUT2D eigenvalue weighted by Gasteiger charge is -2.36. The van der Waals surface area contributed by atoms with Crippen LogP contribution in [-0.2, 0) is 9.59 Å². The predicted molar refractivity (Wildman–Crippen MR) is 148 cm³/mol. The summed E-state index contributed by atoms with van der Waals surface area (Å²) in [5.74, 6) is 1.70. The first kappa shape index (κ1) is 27.9. The molecule has 0 spiro atoms. The molecule has 2 aromatic heterocycles. The molecule has 1 aliphatic rings. The largest absolute Gasteiger partial charge is 0.464 e. The van der Waals surface area contributed by atoms with Crippen LogP contribution >= 0.6 is 11.8 Å². The van der Waals surface area contributed by atoms with Crippen LogP contribution < -0.4 is 15.5 Å². The minimum absolute atomic E-state index is 0.0333. The summed E-state index contributed by atoms with van der Waals surface area (Å²) in [5.41, 5.74) is 1.64. The molecular weight excluding hydrogens is 504 g/mol. The van der Waals surface area contributed by atoms with Gasteiger partial charge in [0.2, 0.25) is 11.8 Å². The van der Waals surface area contributed by atoms with Crippen molar-refractivity contribution in [1.29, 1.82) is 0 Å². The van der Waals surface area contributed by atoms with Gasteiger partial charge in [-0.05, 0) is 63.4 Å². The molecule has 3 N–H and O–H groups in total. The minimum atomic E-state index is -1.04. The van der Waals surface area contributed by atoms with Crippen LogP contribution in [0.1, 0.15) is 61.0 Å². The zero-order valence-corrected chi connectivity index (χ0v) is 22.9. The molecule has 0 saturated heterocycles. The number of hydrogen-bond donors (Lipinski definition) is 3. The summed E-state index contributed by atoms with van der Waals surface area (Å²) in [7, 11) is 0. The van der Waals surface area contributed by atoms with Gasteiger partial charge in [-0.15, -0.1) is 11.8 Å². The molecule has 1 fully saturated rings. The Balaban J connectivity index is 1.54. The Morgan fingerprint density at radius 2 is 1.87 bits per heavy atom. The number of benzene rings is 1. The molecular formula is C28H36N4O5S. The Morgan fingerprint density at radius 1 is 1.08 bits per heavy atom. The maximum Gasteiger partial charge on any atom is 0.237 e. The van der Waals surface area contributed by atoms with Crippen molar-refractivity contribution in [3.05, 3.63) is 65.3 Å². The van der Waals surface area contributed by atoms with Gasteiger partial charge in [0.25, 0.3) is 0 Å². The van der Waals surface area contributed by atoms with E-state index in [0.29, 0.717) is 28.8 Å². The van der Waals surface area contributed by atoms with Crippen molar-refractivity contribution in [2.75, 3.05) is 21.7 Å². The van der Waals surface area contributed by atoms with Gasteiger partial charge in [-0.2, -0.15) is 0 Å². The molecule has 10 heteroatoms. The monoisotopic (exact) mass is 540 g/mol. The summed E-state index contributed by atoms with van der Waals surface area (Å²) in [4.78, 5) is 27.7. The van der Waals surface area contributed by atoms with Crippen molar-refractivity contribution >= 4 is 35.1 Å². The van der Waals surface area contributed by atoms with Crippen LogP contribution in [0.2, 0.25) is 0 Å². The number of rotatable bonds is 11. The molecule has 38 heavy (non-hydrogen) atoms. The van der Waals surface area contributed by atoms with Gasteiger partial charge in [0.1, 0.15) is 29.6 Å². The standard InChI is InChI=1S/C28H36N4O5S/c1-18-8-7-11-22(14-18)32(26(34)17-38-16-25(33)30-24-15-20(3)37-31-24)27(23-13-12-19(2)36-23)28(35)29-21-9-5-4-6-10-21/h7-8,11-15,21,27-29,35H,4-6,9-10,16-17H2,1-3H3,(H,30,31,33). The van der Waals surface area contributed by atoms with E-state index in [1.807, 2.05) is 50.2 Å². The highest BCUT2D eigenvalue weighted by molar-refractivity contribution is 8.00. The average molecular weight is 541 g/mol. The second kappa shape index (κ2) is 13.1. The Labute approximate surface area is 227 Å². The second-order valence-corrected chi connectivity index (χ2v) is 10.8. The quantitative estimate of drug-likeness (QED) is 0.294. The smallest absolute Gasteiger partial charge is 0.237 e. The molecule has 2 atom stereocenters. The van der Waals surface area contributed by atoms with Crippen molar-refractivity contribution in [3.8, 4) is 0 Å². The van der Waals surface area contributed by atoms with Crippen LogP contribution in [-0.4, -0.2) is 45.9 Å². The highest BCUT2D eigenvalue weighted by atomic mass is 32.2. The molecule has 2 amide bonds. The summed E-state index contributed by atoms with van der Waals surface area (Å²) in [6.45, 7) is 5.54. The third-order valence-electron chi connectivity index (χ3n) is 6.54. The molecule has 4 rings (SSSR count). The molecule has 9 nitrogen and oxygen atoms in total. The lowest BCUT2D eigenvalue weighted by Crippen LogP contribution is -2.50. The highest BCUT2D eigenvalue weighted by Gasteiger charge is 2.36. The number of aromatic nitrogens is 1. The van der Waals surface area contributed by atoms with E-state index >= 15 is 0 Å². The number of carbonyl (C=O) groups is 2. The number of thioether (sulfide) groups is 1. The summed E-state index contributed by atoms with van der Waals surface area (Å²) in [6.07, 6.45) is 4.34. The Kier molecular flexibility index (Phi) is 9.65. The topological polar surface area (TPSA) is 121 Å². The number of amides is 2. The van der Waals surface area contributed by atoms with Gasteiger partial charge in [-0.3, -0.25) is 19.8 Å². The number of nitrogens with zero attached hydrogens (tertiary/aromatic N) is 2. The molecule has 1 aromatic carbocycles. The lowest BCUT2D eigenvalue weighted by atomic mass is 9.95. The van der Waals surface area contributed by atoms with E-state index in [-0.39, 0.29) is 29.4 Å². The van der Waals surface area contributed by atoms with Gasteiger partial charge < -0.3 is 19.4 Å². The number of anilines is 2. The van der Waals surface area contributed by atoms with Gasteiger partial charge in [0, 0.05) is 17.8 Å². The molecule has 0 bridgehead atoms. The Bertz CT molecular complexity index is 1220. The van der Waals surface area contributed by atoms with Crippen LogP contribution in [0.4, 0.5) is 11.5 Å². The minimum Gasteiger partial charge on any atom is -0.464 e. The van der Waals surface area contributed by atoms with Crippen LogP contribution in [0.25, 0.3) is 0 Å². The Morgan fingerprint density at radius 3 is 2.53 bits per heavy atom. The fraction of sp³-hybridized carbons (Fsp3) is 0.464. The van der Waals surface area contributed by atoms with Gasteiger partial charge in [0.05, 0.1) is 11.5 Å². The van der Waals surface area contributed by atoms with E-state index in [1.54, 1.807) is 17.9 Å². The van der Waals surface area contributed by atoms with Crippen molar-refractivity contribution in [2.24, 2.45) is 0 Å². The van der Waals surface area contributed by atoms with Gasteiger partial charge >= 0.3 is 0 Å². The van der Waals surface area contributed by atoms with Crippen LogP contribution in [0.15, 0.2) is 51.4 Å². The SMILES string of the molecule is Cc1cccc(N(C(=O)CSCC(=O)Nc2cc(C)on2)C(c2ccc(C)o2)C(O)NC2CCCCC2)c1. The molecule has 2 unspecified atom stereocenters. The van der Waals surface area contributed by atoms with Crippen LogP contribution in [0.3, 0.4) is 0 Å². The van der Waals surface area contributed by atoms with E-state index in [2.05, 4.69) is 15.8 Å². The summed E-state index contributed by atoms with van der Waals surface area (Å²) in [6, 6.07) is 12.3. The maximum absolute atomic E-state index is 13.8. The van der Waals surface area contributed by atoms with Crippen molar-refractivity contribution in [1.82, 2.24) is 10.5 Å². The molecule has 0 radical (unpaired) electrons. The number of aryl methyl sites for hydroxylation is 3. The third-order valence-corrected chi connectivity index (χ3v) is 7.46. The maximum atomic E-state index is 13.8. The van der Waals surface area contributed by atoms with Crippen molar-refractivity contribution < 1.29 is 23.6 Å². The van der Waals surface area contributed by atoms with Crippen LogP contribution in [0.5, 0.6) is 0 Å². The van der Waals surface area contributed by atoms with Crippen LogP contribution in [0, 0.1) is 20.8 Å². The number of aliphatic hydroxyl groups excluding tert-OH is 1. The highest BCUT2D eigenvalue weighted by Crippen LogP contribution is 2.33. The zero-order valence-electron chi connectivity index (χ0n) is 22.1. The molecule has 1 saturated carbocycles. The second-order valence-electron chi connectivity index (χ2n) is 9.81. The fourth-order valence-electron chi connectivity index (χ4n) is 4.78. The van der Waals surface area contributed by atoms with Gasteiger partial charge in [-0.25, -0.2) is 0 Å². The Hall–Kier alpha value is -3.08. The number of nitrogens with one attached hydrogen (secondary N) is 2. The van der Waals surface area contributed by atoms with Gasteiger partial charge in [0.15, 0.2) is 5.82 Å². The molecule has 1 aliphatic carbocycles. The molecule has 204 valence electrons. The normalized spacial score (nSPS) is 15.7. The summed E-state index contributed by atoms with van der Waals surface area (Å²) < 4.78 is 10.9. The number of carbonyl (C=O) groups excluding carboxylic acids is 2. The molecule has 3 aromatic rings. The van der Waals surface area contributed by atoms with Crippen molar-refractivity contribution in [3.63, 3.8) is 0 Å². The lowest BCUT2D eigenvalue weighted by molar-refractivity contribution is -0.117. The number of furan rings is 1. The predicted octanol–water partition coefficient (Wildman–Crippen LogP) is 4.88. The zero-order chi connectivity index (χ0) is 27.1. The van der Waals surface area contributed by atoms with E-state index in [9.17, 15) is 14.7 Å². The number of aliphatic hydroxyl groups is 1. The number of hydrogen-bond acceptors (Lipinski definition) is 8. The summed E-state index contributed by atoms with van der Waals surface area (Å²) >= 11 is 1.19. The van der Waals surface area contributed by atoms with Crippen molar-refractivity contribution in [2.45, 2.75) is 71.2 Å². The molecule has 2 heterocycles. The van der Waals surface area contributed by atoms with Gasteiger partial charge in [-0.1, -0.05) is 36.6 Å². The van der Waals surface area contributed by atoms with E-state index in [4.69, 9.17) is 8.94 Å².